The number of likely N-dealkylation sites (tertiary alicyclic amines) is 1. The van der Waals surface area contributed by atoms with E-state index in [-0.39, 0.29) is 5.43 Å². The predicted molar refractivity (Wildman–Crippen MR) is 103 cm³/mol. The van der Waals surface area contributed by atoms with E-state index in [1.165, 1.54) is 30.8 Å². The van der Waals surface area contributed by atoms with Gasteiger partial charge in [-0.15, -0.1) is 0 Å². The van der Waals surface area contributed by atoms with Gasteiger partial charge < -0.3 is 24.3 Å². The molecule has 3 rings (SSSR count). The molecule has 6 heteroatoms. The lowest BCUT2D eigenvalue weighted by atomic mass is 10.0. The number of ether oxygens (including phenoxy) is 2. The fourth-order valence-electron chi connectivity index (χ4n) is 4.01. The normalized spacial score (nSPS) is 21.6. The molecule has 2 heterocycles. The molecule has 0 aliphatic carbocycles. The third-order valence-electron chi connectivity index (χ3n) is 5.81. The van der Waals surface area contributed by atoms with E-state index in [1.807, 2.05) is 6.92 Å². The number of aromatic nitrogens is 1. The van der Waals surface area contributed by atoms with Crippen LogP contribution in [0.5, 0.6) is 11.5 Å². The van der Waals surface area contributed by atoms with Crippen molar-refractivity contribution in [3.05, 3.63) is 33.6 Å². The Balaban J connectivity index is 1.97. The van der Waals surface area contributed by atoms with Gasteiger partial charge in [0.05, 0.1) is 63.9 Å². The van der Waals surface area contributed by atoms with Gasteiger partial charge in [-0.1, -0.05) is 0 Å². The van der Waals surface area contributed by atoms with E-state index in [1.54, 1.807) is 31.3 Å². The largest absolute Gasteiger partial charge is 0.497 e. The number of nitrogens with one attached hydrogen (secondary N) is 3. The van der Waals surface area contributed by atoms with Crippen LogP contribution in [0.3, 0.4) is 0 Å². The second kappa shape index (κ2) is 7.68. The van der Waals surface area contributed by atoms with Crippen LogP contribution >= 0.6 is 0 Å². The SMILES string of the molecule is COc1cc(OC)c2[nH]c(C)c(C[NH+](C)C3CC[NH+](C)CC3)c(=O)c2c1. The van der Waals surface area contributed by atoms with E-state index in [0.29, 0.717) is 22.9 Å². The van der Waals surface area contributed by atoms with Crippen molar-refractivity contribution in [3.63, 3.8) is 0 Å². The Morgan fingerprint density at radius 2 is 1.92 bits per heavy atom. The molecular formula is C20H31N3O3+2. The molecule has 1 atom stereocenters. The van der Waals surface area contributed by atoms with Crippen LogP contribution in [0.2, 0.25) is 0 Å². The van der Waals surface area contributed by atoms with E-state index in [0.717, 1.165) is 23.3 Å². The predicted octanol–water partition coefficient (Wildman–Crippen LogP) is -0.454. The van der Waals surface area contributed by atoms with Crippen molar-refractivity contribution in [2.45, 2.75) is 32.4 Å². The molecule has 142 valence electrons. The lowest BCUT2D eigenvalue weighted by Crippen LogP contribution is -3.17. The van der Waals surface area contributed by atoms with E-state index in [9.17, 15) is 4.79 Å². The third-order valence-corrected chi connectivity index (χ3v) is 5.81. The van der Waals surface area contributed by atoms with Crippen molar-refractivity contribution < 1.29 is 19.3 Å². The number of hydrogen-bond donors (Lipinski definition) is 3. The smallest absolute Gasteiger partial charge is 0.198 e. The molecule has 1 aromatic carbocycles. The number of aromatic amines is 1. The van der Waals surface area contributed by atoms with Crippen LogP contribution in [-0.4, -0.2) is 52.4 Å². The first-order chi connectivity index (χ1) is 12.4. The highest BCUT2D eigenvalue weighted by Crippen LogP contribution is 2.28. The van der Waals surface area contributed by atoms with E-state index in [2.05, 4.69) is 19.1 Å². The van der Waals surface area contributed by atoms with Gasteiger partial charge in [0.15, 0.2) is 5.43 Å². The maximum Gasteiger partial charge on any atom is 0.198 e. The van der Waals surface area contributed by atoms with Gasteiger partial charge in [0, 0.05) is 24.6 Å². The quantitative estimate of drug-likeness (QED) is 0.676. The maximum atomic E-state index is 13.2. The van der Waals surface area contributed by atoms with Gasteiger partial charge in [0.1, 0.15) is 18.0 Å². The van der Waals surface area contributed by atoms with Crippen LogP contribution in [0.15, 0.2) is 16.9 Å². The van der Waals surface area contributed by atoms with Gasteiger partial charge in [0.25, 0.3) is 0 Å². The van der Waals surface area contributed by atoms with Gasteiger partial charge in [-0.05, 0) is 13.0 Å². The molecule has 0 spiro atoms. The summed E-state index contributed by atoms with van der Waals surface area (Å²) in [6.45, 7) is 5.14. The average Bonchev–Trinajstić information content (AvgIpc) is 2.64. The number of quaternary nitrogens is 2. The Morgan fingerprint density at radius 1 is 1.23 bits per heavy atom. The Morgan fingerprint density at radius 3 is 2.54 bits per heavy atom. The highest BCUT2D eigenvalue weighted by molar-refractivity contribution is 5.86. The number of hydrogen-bond acceptors (Lipinski definition) is 3. The molecule has 0 amide bonds. The van der Waals surface area contributed by atoms with Crippen LogP contribution in [0.25, 0.3) is 10.9 Å². The summed E-state index contributed by atoms with van der Waals surface area (Å²) in [5.41, 5.74) is 2.59. The zero-order valence-corrected chi connectivity index (χ0v) is 16.5. The number of rotatable bonds is 5. The fraction of sp³-hybridized carbons (Fsp3) is 0.550. The summed E-state index contributed by atoms with van der Waals surface area (Å²) in [6.07, 6.45) is 2.42. The topological polar surface area (TPSA) is 60.2 Å². The first-order valence-electron chi connectivity index (χ1n) is 9.35. The van der Waals surface area contributed by atoms with E-state index in [4.69, 9.17) is 9.47 Å². The average molecular weight is 361 g/mol. The molecule has 0 bridgehead atoms. The minimum Gasteiger partial charge on any atom is -0.497 e. The summed E-state index contributed by atoms with van der Waals surface area (Å²) in [4.78, 5) is 19.6. The summed E-state index contributed by atoms with van der Waals surface area (Å²) in [7, 11) is 7.67. The van der Waals surface area contributed by atoms with Crippen molar-refractivity contribution in [2.75, 3.05) is 41.4 Å². The number of piperidine rings is 1. The van der Waals surface area contributed by atoms with Crippen LogP contribution < -0.4 is 24.7 Å². The molecule has 2 aromatic rings. The molecule has 0 radical (unpaired) electrons. The molecule has 1 aliphatic heterocycles. The minimum absolute atomic E-state index is 0.0753. The Labute approximate surface area is 154 Å². The van der Waals surface area contributed by atoms with Crippen LogP contribution in [0, 0.1) is 6.92 Å². The molecular weight excluding hydrogens is 330 g/mol. The summed E-state index contributed by atoms with van der Waals surface area (Å²) in [5, 5.41) is 0.627. The van der Waals surface area contributed by atoms with Crippen LogP contribution in [-0.2, 0) is 6.54 Å². The third kappa shape index (κ3) is 3.57. The molecule has 0 saturated carbocycles. The lowest BCUT2D eigenvalue weighted by molar-refractivity contribution is -0.948. The Kier molecular flexibility index (Phi) is 5.53. The van der Waals surface area contributed by atoms with Gasteiger partial charge in [-0.2, -0.15) is 0 Å². The van der Waals surface area contributed by atoms with Crippen molar-refractivity contribution in [1.29, 1.82) is 0 Å². The summed E-state index contributed by atoms with van der Waals surface area (Å²) < 4.78 is 10.8. The number of H-pyrrole nitrogens is 1. The second-order valence-corrected chi connectivity index (χ2v) is 7.56. The molecule has 1 unspecified atom stereocenters. The monoisotopic (exact) mass is 361 g/mol. The number of methoxy groups -OCH3 is 2. The Hall–Kier alpha value is -2.05. The maximum absolute atomic E-state index is 13.2. The van der Waals surface area contributed by atoms with Crippen molar-refractivity contribution in [2.24, 2.45) is 0 Å². The standard InChI is InChI=1S/C20H29N3O3/c1-13-17(12-23(3)14-6-8-22(2)9-7-14)20(24)16-10-15(25-4)11-18(26-5)19(16)21-13/h10-11,14H,6-9,12H2,1-5H3,(H,21,24)/p+2. The number of benzene rings is 1. The summed E-state index contributed by atoms with van der Waals surface area (Å²) >= 11 is 0. The molecule has 6 nitrogen and oxygen atoms in total. The van der Waals surface area contributed by atoms with Crippen LogP contribution in [0.1, 0.15) is 24.1 Å². The Bertz CT molecular complexity index is 838. The minimum atomic E-state index is 0.0753. The summed E-state index contributed by atoms with van der Waals surface area (Å²) in [6, 6.07) is 4.22. The van der Waals surface area contributed by atoms with Crippen molar-refractivity contribution >= 4 is 10.9 Å². The molecule has 3 N–H and O–H groups in total. The van der Waals surface area contributed by atoms with Crippen molar-refractivity contribution in [3.8, 4) is 11.5 Å². The number of fused-ring (bicyclic) bond motifs is 1. The highest BCUT2D eigenvalue weighted by Gasteiger charge is 2.27. The van der Waals surface area contributed by atoms with Crippen LogP contribution in [0.4, 0.5) is 0 Å². The zero-order valence-electron chi connectivity index (χ0n) is 16.5. The first kappa shape index (κ1) is 18.7. The molecule has 26 heavy (non-hydrogen) atoms. The number of pyridine rings is 1. The zero-order chi connectivity index (χ0) is 18.8. The molecule has 1 fully saturated rings. The highest BCUT2D eigenvalue weighted by atomic mass is 16.5. The molecule has 1 aromatic heterocycles. The lowest BCUT2D eigenvalue weighted by Gasteiger charge is -2.30. The second-order valence-electron chi connectivity index (χ2n) is 7.56. The number of aryl methyl sites for hydroxylation is 1. The van der Waals surface area contributed by atoms with Gasteiger partial charge >= 0.3 is 0 Å². The molecule has 1 aliphatic rings. The van der Waals surface area contributed by atoms with Crippen molar-refractivity contribution in [1.82, 2.24) is 4.98 Å². The van der Waals surface area contributed by atoms with E-state index >= 15 is 0 Å². The summed E-state index contributed by atoms with van der Waals surface area (Å²) in [5.74, 6) is 1.26. The first-order valence-corrected chi connectivity index (χ1v) is 9.35. The van der Waals surface area contributed by atoms with Gasteiger partial charge in [0.2, 0.25) is 0 Å². The molecule has 1 saturated heterocycles. The fourth-order valence-corrected chi connectivity index (χ4v) is 4.01. The van der Waals surface area contributed by atoms with Gasteiger partial charge in [-0.3, -0.25) is 4.79 Å². The van der Waals surface area contributed by atoms with Gasteiger partial charge in [-0.25, -0.2) is 0 Å². The van der Waals surface area contributed by atoms with E-state index < -0.39 is 0 Å².